The standard InChI is InChI=1S/C13H11BrFNO/c14-8-11-7-12(15)1-2-13(11)17-9-10-3-5-16-6-4-10/h1-7H,8-9H2. The molecule has 17 heavy (non-hydrogen) atoms. The quantitative estimate of drug-likeness (QED) is 0.803. The molecule has 1 heterocycles. The van der Waals surface area contributed by atoms with Crippen molar-refractivity contribution in [3.05, 3.63) is 59.7 Å². The first-order valence-electron chi connectivity index (χ1n) is 5.15. The second-order valence-electron chi connectivity index (χ2n) is 3.53. The predicted octanol–water partition coefficient (Wildman–Crippen LogP) is 3.69. The van der Waals surface area contributed by atoms with Crippen LogP contribution in [0.1, 0.15) is 11.1 Å². The van der Waals surface area contributed by atoms with Crippen LogP contribution in [0.25, 0.3) is 0 Å². The molecule has 0 radical (unpaired) electrons. The lowest BCUT2D eigenvalue weighted by molar-refractivity contribution is 0.303. The highest BCUT2D eigenvalue weighted by Crippen LogP contribution is 2.23. The van der Waals surface area contributed by atoms with E-state index in [0.717, 1.165) is 11.1 Å². The fraction of sp³-hybridized carbons (Fsp3) is 0.154. The number of hydrogen-bond acceptors (Lipinski definition) is 2. The van der Waals surface area contributed by atoms with E-state index < -0.39 is 0 Å². The highest BCUT2D eigenvalue weighted by molar-refractivity contribution is 9.08. The zero-order valence-corrected chi connectivity index (χ0v) is 10.7. The smallest absolute Gasteiger partial charge is 0.124 e. The van der Waals surface area contributed by atoms with Gasteiger partial charge in [-0.1, -0.05) is 15.9 Å². The molecule has 1 aromatic carbocycles. The summed E-state index contributed by atoms with van der Waals surface area (Å²) in [4.78, 5) is 3.93. The third kappa shape index (κ3) is 3.27. The van der Waals surface area contributed by atoms with Gasteiger partial charge >= 0.3 is 0 Å². The molecule has 0 fully saturated rings. The minimum Gasteiger partial charge on any atom is -0.489 e. The molecule has 0 aliphatic heterocycles. The fourth-order valence-corrected chi connectivity index (χ4v) is 1.87. The Morgan fingerprint density at radius 1 is 1.18 bits per heavy atom. The van der Waals surface area contributed by atoms with Crippen molar-refractivity contribution in [1.29, 1.82) is 0 Å². The van der Waals surface area contributed by atoms with Gasteiger partial charge in [0.15, 0.2) is 0 Å². The topological polar surface area (TPSA) is 22.1 Å². The van der Waals surface area contributed by atoms with Crippen molar-refractivity contribution in [3.8, 4) is 5.75 Å². The average Bonchev–Trinajstić information content (AvgIpc) is 2.38. The van der Waals surface area contributed by atoms with E-state index >= 15 is 0 Å². The van der Waals surface area contributed by atoms with E-state index in [1.165, 1.54) is 12.1 Å². The van der Waals surface area contributed by atoms with E-state index in [2.05, 4.69) is 20.9 Å². The Morgan fingerprint density at radius 2 is 1.94 bits per heavy atom. The molecule has 0 atom stereocenters. The molecule has 0 spiro atoms. The van der Waals surface area contributed by atoms with Gasteiger partial charge in [-0.3, -0.25) is 4.98 Å². The molecule has 4 heteroatoms. The van der Waals surface area contributed by atoms with Gasteiger partial charge in [-0.2, -0.15) is 0 Å². The Bertz CT molecular complexity index is 490. The Labute approximate surface area is 108 Å². The van der Waals surface area contributed by atoms with Crippen LogP contribution in [-0.2, 0) is 11.9 Å². The number of aromatic nitrogens is 1. The molecular formula is C13H11BrFNO. The average molecular weight is 296 g/mol. The molecule has 0 aliphatic carbocycles. The summed E-state index contributed by atoms with van der Waals surface area (Å²) in [6.45, 7) is 0.453. The van der Waals surface area contributed by atoms with E-state index in [-0.39, 0.29) is 5.82 Å². The number of alkyl halides is 1. The van der Waals surface area contributed by atoms with Crippen LogP contribution < -0.4 is 4.74 Å². The van der Waals surface area contributed by atoms with Crippen molar-refractivity contribution in [2.24, 2.45) is 0 Å². The van der Waals surface area contributed by atoms with Gasteiger partial charge in [0.2, 0.25) is 0 Å². The molecule has 2 nitrogen and oxygen atoms in total. The lowest BCUT2D eigenvalue weighted by Gasteiger charge is -2.09. The fourth-order valence-electron chi connectivity index (χ4n) is 1.43. The first-order valence-corrected chi connectivity index (χ1v) is 6.28. The minimum absolute atomic E-state index is 0.254. The maximum atomic E-state index is 13.0. The third-order valence-corrected chi connectivity index (χ3v) is 2.91. The molecule has 2 aromatic rings. The SMILES string of the molecule is Fc1ccc(OCc2ccncc2)c(CBr)c1. The van der Waals surface area contributed by atoms with Gasteiger partial charge in [0.05, 0.1) is 0 Å². The lowest BCUT2D eigenvalue weighted by Crippen LogP contribution is -1.98. The zero-order valence-electron chi connectivity index (χ0n) is 9.07. The Morgan fingerprint density at radius 3 is 2.65 bits per heavy atom. The normalized spacial score (nSPS) is 10.2. The number of pyridine rings is 1. The summed E-state index contributed by atoms with van der Waals surface area (Å²) in [6, 6.07) is 8.28. The van der Waals surface area contributed by atoms with Gasteiger partial charge in [-0.05, 0) is 35.9 Å². The number of rotatable bonds is 4. The summed E-state index contributed by atoms with van der Waals surface area (Å²) in [5.41, 5.74) is 1.84. The number of nitrogens with zero attached hydrogens (tertiary/aromatic N) is 1. The highest BCUT2D eigenvalue weighted by atomic mass is 79.9. The minimum atomic E-state index is -0.254. The molecule has 0 unspecified atom stereocenters. The molecule has 0 saturated carbocycles. The van der Waals surface area contributed by atoms with Crippen LogP contribution in [0, 0.1) is 5.82 Å². The van der Waals surface area contributed by atoms with Gasteiger partial charge in [-0.25, -0.2) is 4.39 Å². The number of halogens is 2. The molecule has 0 N–H and O–H groups in total. The first-order chi connectivity index (χ1) is 8.29. The van der Waals surface area contributed by atoms with Crippen LogP contribution >= 0.6 is 15.9 Å². The Kier molecular flexibility index (Phi) is 4.09. The van der Waals surface area contributed by atoms with Gasteiger partial charge in [-0.15, -0.1) is 0 Å². The van der Waals surface area contributed by atoms with Crippen LogP contribution in [0.5, 0.6) is 5.75 Å². The molecule has 88 valence electrons. The largest absolute Gasteiger partial charge is 0.489 e. The summed E-state index contributed by atoms with van der Waals surface area (Å²) in [5, 5.41) is 0.566. The van der Waals surface area contributed by atoms with E-state index in [4.69, 9.17) is 4.74 Å². The predicted molar refractivity (Wildman–Crippen MR) is 67.6 cm³/mol. The van der Waals surface area contributed by atoms with E-state index in [0.29, 0.717) is 17.7 Å². The third-order valence-electron chi connectivity index (χ3n) is 2.31. The van der Waals surface area contributed by atoms with Crippen molar-refractivity contribution < 1.29 is 9.13 Å². The van der Waals surface area contributed by atoms with E-state index in [1.54, 1.807) is 18.5 Å². The molecule has 1 aromatic heterocycles. The molecule has 0 amide bonds. The number of benzene rings is 1. The summed E-state index contributed by atoms with van der Waals surface area (Å²) in [5.74, 6) is 0.441. The van der Waals surface area contributed by atoms with Crippen molar-refractivity contribution >= 4 is 15.9 Å². The number of hydrogen-bond donors (Lipinski definition) is 0. The van der Waals surface area contributed by atoms with Gasteiger partial charge in [0.1, 0.15) is 18.2 Å². The van der Waals surface area contributed by atoms with Crippen LogP contribution in [0.15, 0.2) is 42.7 Å². The summed E-state index contributed by atoms with van der Waals surface area (Å²) < 4.78 is 18.7. The number of ether oxygens (including phenoxy) is 1. The van der Waals surface area contributed by atoms with Crippen molar-refractivity contribution in [3.63, 3.8) is 0 Å². The van der Waals surface area contributed by atoms with Crippen LogP contribution in [0.3, 0.4) is 0 Å². The summed E-state index contributed by atoms with van der Waals surface area (Å²) in [7, 11) is 0. The Balaban J connectivity index is 2.09. The molecular weight excluding hydrogens is 285 g/mol. The van der Waals surface area contributed by atoms with Crippen molar-refractivity contribution in [2.75, 3.05) is 0 Å². The van der Waals surface area contributed by atoms with Crippen LogP contribution in [0.4, 0.5) is 4.39 Å². The maximum absolute atomic E-state index is 13.0. The first kappa shape index (κ1) is 12.0. The van der Waals surface area contributed by atoms with Gasteiger partial charge in [0, 0.05) is 23.3 Å². The zero-order chi connectivity index (χ0) is 12.1. The van der Waals surface area contributed by atoms with Crippen LogP contribution in [-0.4, -0.2) is 4.98 Å². The Hall–Kier alpha value is -1.42. The lowest BCUT2D eigenvalue weighted by atomic mass is 10.2. The monoisotopic (exact) mass is 295 g/mol. The van der Waals surface area contributed by atoms with Crippen molar-refractivity contribution in [1.82, 2.24) is 4.98 Å². The molecule has 0 saturated heterocycles. The van der Waals surface area contributed by atoms with E-state index in [9.17, 15) is 4.39 Å². The molecule has 2 rings (SSSR count). The second-order valence-corrected chi connectivity index (χ2v) is 4.09. The molecule has 0 bridgehead atoms. The van der Waals surface area contributed by atoms with Crippen molar-refractivity contribution in [2.45, 2.75) is 11.9 Å². The summed E-state index contributed by atoms with van der Waals surface area (Å²) in [6.07, 6.45) is 3.43. The summed E-state index contributed by atoms with van der Waals surface area (Å²) >= 11 is 3.31. The maximum Gasteiger partial charge on any atom is 0.124 e. The van der Waals surface area contributed by atoms with Gasteiger partial charge < -0.3 is 4.74 Å². The second kappa shape index (κ2) is 5.77. The van der Waals surface area contributed by atoms with E-state index in [1.807, 2.05) is 12.1 Å². The van der Waals surface area contributed by atoms with Gasteiger partial charge in [0.25, 0.3) is 0 Å². The van der Waals surface area contributed by atoms with Crippen LogP contribution in [0.2, 0.25) is 0 Å². The molecule has 0 aliphatic rings. The highest BCUT2D eigenvalue weighted by Gasteiger charge is 2.04.